The van der Waals surface area contributed by atoms with Crippen molar-refractivity contribution in [3.8, 4) is 0 Å². The number of nitrogens with zero attached hydrogens (tertiary/aromatic N) is 2. The van der Waals surface area contributed by atoms with Crippen molar-refractivity contribution in [2.75, 3.05) is 10.7 Å². The van der Waals surface area contributed by atoms with Crippen LogP contribution in [-0.2, 0) is 11.2 Å². The number of pyridine rings is 1. The molecule has 1 aliphatic rings. The molecule has 1 aromatic heterocycles. The molecule has 2 heterocycles. The molecule has 0 bridgehead atoms. The molecule has 0 aliphatic carbocycles. The first-order valence-electron chi connectivity index (χ1n) is 7.29. The van der Waals surface area contributed by atoms with Crippen LogP contribution in [0.25, 0.3) is 0 Å². The normalized spacial score (nSPS) is 16.2. The lowest BCUT2D eigenvalue weighted by molar-refractivity contribution is -0.116. The molecule has 0 radical (unpaired) electrons. The van der Waals surface area contributed by atoms with Gasteiger partial charge in [0.1, 0.15) is 5.03 Å². The van der Waals surface area contributed by atoms with Gasteiger partial charge in [-0.1, -0.05) is 30.0 Å². The summed E-state index contributed by atoms with van der Waals surface area (Å²) in [5, 5.41) is 9.53. The van der Waals surface area contributed by atoms with E-state index in [0.717, 1.165) is 23.9 Å². The van der Waals surface area contributed by atoms with Crippen LogP contribution in [0.4, 0.5) is 5.69 Å². The predicted octanol–water partition coefficient (Wildman–Crippen LogP) is 2.85. The van der Waals surface area contributed by atoms with Crippen molar-refractivity contribution in [1.29, 1.82) is 0 Å². The van der Waals surface area contributed by atoms with Gasteiger partial charge in [-0.05, 0) is 37.1 Å². The Morgan fingerprint density at radius 3 is 2.87 bits per heavy atom. The van der Waals surface area contributed by atoms with E-state index in [2.05, 4.69) is 4.98 Å². The minimum atomic E-state index is -1.03. The fraction of sp³-hybridized carbons (Fsp3) is 0.235. The van der Waals surface area contributed by atoms with Gasteiger partial charge < -0.3 is 10.0 Å². The second-order valence-electron chi connectivity index (χ2n) is 5.40. The number of aromatic nitrogens is 1. The average molecular weight is 328 g/mol. The first-order valence-corrected chi connectivity index (χ1v) is 8.27. The summed E-state index contributed by atoms with van der Waals surface area (Å²) in [7, 11) is 0. The van der Waals surface area contributed by atoms with E-state index in [9.17, 15) is 9.59 Å². The molecule has 5 nitrogen and oxygen atoms in total. The van der Waals surface area contributed by atoms with Gasteiger partial charge in [-0.15, -0.1) is 0 Å². The summed E-state index contributed by atoms with van der Waals surface area (Å²) in [5.74, 6) is -0.905. The maximum atomic E-state index is 12.6. The van der Waals surface area contributed by atoms with Crippen molar-refractivity contribution >= 4 is 29.3 Å². The van der Waals surface area contributed by atoms with Crippen LogP contribution in [0.3, 0.4) is 0 Å². The molecular weight excluding hydrogens is 312 g/mol. The summed E-state index contributed by atoms with van der Waals surface area (Å²) in [4.78, 5) is 29.7. The highest BCUT2D eigenvalue weighted by Gasteiger charge is 2.30. The molecule has 0 fully saturated rings. The number of fused-ring (bicyclic) bond motifs is 1. The number of hydrogen-bond acceptors (Lipinski definition) is 4. The van der Waals surface area contributed by atoms with E-state index in [1.165, 1.54) is 17.8 Å². The number of rotatable bonds is 4. The highest BCUT2D eigenvalue weighted by Crippen LogP contribution is 2.32. The number of carboxylic acids is 1. The van der Waals surface area contributed by atoms with E-state index in [-0.39, 0.29) is 23.3 Å². The van der Waals surface area contributed by atoms with E-state index in [1.54, 1.807) is 11.0 Å². The van der Waals surface area contributed by atoms with Crippen LogP contribution in [-0.4, -0.2) is 33.8 Å². The number of aromatic carboxylic acids is 1. The second-order valence-corrected chi connectivity index (χ2v) is 6.36. The predicted molar refractivity (Wildman–Crippen MR) is 89.0 cm³/mol. The third kappa shape index (κ3) is 3.07. The second kappa shape index (κ2) is 6.42. The molecule has 118 valence electrons. The summed E-state index contributed by atoms with van der Waals surface area (Å²) in [5.41, 5.74) is 2.24. The van der Waals surface area contributed by atoms with Gasteiger partial charge in [-0.2, -0.15) is 0 Å². The summed E-state index contributed by atoms with van der Waals surface area (Å²) < 4.78 is 0. The Morgan fingerprint density at radius 2 is 2.09 bits per heavy atom. The van der Waals surface area contributed by atoms with Crippen LogP contribution in [0.2, 0.25) is 0 Å². The number of amides is 1. The van der Waals surface area contributed by atoms with Gasteiger partial charge >= 0.3 is 5.97 Å². The number of carbonyl (C=O) groups excluding carboxylic acids is 1. The largest absolute Gasteiger partial charge is 0.478 e. The van der Waals surface area contributed by atoms with Crippen LogP contribution in [0.5, 0.6) is 0 Å². The Balaban J connectivity index is 1.75. The van der Waals surface area contributed by atoms with Gasteiger partial charge in [-0.3, -0.25) is 4.79 Å². The Kier molecular flexibility index (Phi) is 4.34. The van der Waals surface area contributed by atoms with Crippen molar-refractivity contribution < 1.29 is 14.7 Å². The van der Waals surface area contributed by atoms with Crippen molar-refractivity contribution in [2.45, 2.75) is 24.4 Å². The molecule has 6 heteroatoms. The van der Waals surface area contributed by atoms with Crippen molar-refractivity contribution in [2.24, 2.45) is 0 Å². The third-order valence-electron chi connectivity index (χ3n) is 3.81. The lowest BCUT2D eigenvalue weighted by Crippen LogP contribution is -2.37. The fourth-order valence-electron chi connectivity index (χ4n) is 2.81. The Hall–Kier alpha value is -2.34. The number of carboxylic acid groups (broad SMARTS) is 1. The molecule has 1 aliphatic heterocycles. The zero-order valence-electron chi connectivity index (χ0n) is 12.6. The maximum absolute atomic E-state index is 12.6. The zero-order chi connectivity index (χ0) is 16.4. The smallest absolute Gasteiger partial charge is 0.338 e. The molecule has 0 saturated heterocycles. The molecule has 1 N–H and O–H groups in total. The first-order chi connectivity index (χ1) is 11.1. The van der Waals surface area contributed by atoms with E-state index in [4.69, 9.17) is 5.11 Å². The molecule has 0 spiro atoms. The van der Waals surface area contributed by atoms with Crippen LogP contribution < -0.4 is 4.90 Å². The molecule has 0 saturated carbocycles. The van der Waals surface area contributed by atoms with Gasteiger partial charge in [0.25, 0.3) is 0 Å². The molecule has 2 aromatic rings. The number of benzene rings is 1. The van der Waals surface area contributed by atoms with Gasteiger partial charge in [0, 0.05) is 17.9 Å². The average Bonchev–Trinajstić information content (AvgIpc) is 2.88. The molecule has 1 aromatic carbocycles. The minimum absolute atomic E-state index is 0.0329. The van der Waals surface area contributed by atoms with Gasteiger partial charge in [0.15, 0.2) is 0 Å². The summed E-state index contributed by atoms with van der Waals surface area (Å²) in [6.45, 7) is 2.02. The number of carbonyl (C=O) groups is 2. The summed E-state index contributed by atoms with van der Waals surface area (Å²) in [6, 6.07) is 11.1. The van der Waals surface area contributed by atoms with Crippen LogP contribution in [0, 0.1) is 0 Å². The number of anilines is 1. The number of thioether (sulfide) groups is 1. The topological polar surface area (TPSA) is 70.5 Å². The van der Waals surface area contributed by atoms with Crippen molar-refractivity contribution in [3.05, 3.63) is 53.7 Å². The maximum Gasteiger partial charge on any atom is 0.338 e. The van der Waals surface area contributed by atoms with Gasteiger partial charge in [-0.25, -0.2) is 9.78 Å². The minimum Gasteiger partial charge on any atom is -0.478 e. The molecule has 23 heavy (non-hydrogen) atoms. The highest BCUT2D eigenvalue weighted by atomic mass is 32.2. The molecule has 1 atom stereocenters. The number of para-hydroxylation sites is 1. The van der Waals surface area contributed by atoms with E-state index in [0.29, 0.717) is 5.03 Å². The Bertz CT molecular complexity index is 763. The van der Waals surface area contributed by atoms with Crippen molar-refractivity contribution in [3.63, 3.8) is 0 Å². The van der Waals surface area contributed by atoms with Crippen molar-refractivity contribution in [1.82, 2.24) is 4.98 Å². The lowest BCUT2D eigenvalue weighted by atomic mass is 10.1. The fourth-order valence-corrected chi connectivity index (χ4v) is 3.66. The SMILES string of the molecule is C[C@H]1Cc2ccccc2N1C(=O)CSc1ncccc1C(=O)O. The van der Waals surface area contributed by atoms with Crippen LogP contribution in [0.15, 0.2) is 47.6 Å². The van der Waals surface area contributed by atoms with E-state index in [1.807, 2.05) is 31.2 Å². The summed E-state index contributed by atoms with van der Waals surface area (Å²) in [6.07, 6.45) is 2.38. The monoisotopic (exact) mass is 328 g/mol. The molecule has 0 unspecified atom stereocenters. The number of hydrogen-bond donors (Lipinski definition) is 1. The molecular formula is C17H16N2O3S. The van der Waals surface area contributed by atoms with E-state index < -0.39 is 5.97 Å². The standard InChI is InChI=1S/C17H16N2O3S/c1-11-9-12-5-2-3-7-14(12)19(11)15(20)10-23-16-13(17(21)22)6-4-8-18-16/h2-8,11H,9-10H2,1H3,(H,21,22)/t11-/m0/s1. The van der Waals surface area contributed by atoms with Gasteiger partial charge in [0.2, 0.25) is 5.91 Å². The first kappa shape index (κ1) is 15.6. The van der Waals surface area contributed by atoms with Gasteiger partial charge in [0.05, 0.1) is 11.3 Å². The zero-order valence-corrected chi connectivity index (χ0v) is 13.4. The molecule has 1 amide bonds. The Morgan fingerprint density at radius 1 is 1.30 bits per heavy atom. The summed E-state index contributed by atoms with van der Waals surface area (Å²) >= 11 is 1.16. The lowest BCUT2D eigenvalue weighted by Gasteiger charge is -2.22. The van der Waals surface area contributed by atoms with Crippen LogP contribution >= 0.6 is 11.8 Å². The van der Waals surface area contributed by atoms with E-state index >= 15 is 0 Å². The highest BCUT2D eigenvalue weighted by molar-refractivity contribution is 8.00. The Labute approximate surface area is 138 Å². The third-order valence-corrected chi connectivity index (χ3v) is 4.80. The molecule has 3 rings (SSSR count). The quantitative estimate of drug-likeness (QED) is 0.874. The van der Waals surface area contributed by atoms with Crippen LogP contribution in [0.1, 0.15) is 22.8 Å².